The van der Waals surface area contributed by atoms with Crippen LogP contribution in [0.3, 0.4) is 0 Å². The topological polar surface area (TPSA) is 66.9 Å². The minimum Gasteiger partial charge on any atom is -0.370 e. The highest BCUT2D eigenvalue weighted by Gasteiger charge is 2.14. The van der Waals surface area contributed by atoms with Gasteiger partial charge in [0.25, 0.3) is 5.91 Å². The van der Waals surface area contributed by atoms with Crippen LogP contribution in [0.15, 0.2) is 29.8 Å². The predicted octanol–water partition coefficient (Wildman–Crippen LogP) is 2.85. The van der Waals surface area contributed by atoms with Crippen molar-refractivity contribution in [2.75, 3.05) is 11.9 Å². The van der Waals surface area contributed by atoms with Crippen molar-refractivity contribution in [1.29, 1.82) is 0 Å². The van der Waals surface area contributed by atoms with E-state index in [4.69, 9.17) is 0 Å². The molecule has 0 saturated carbocycles. The molecule has 0 aliphatic rings. The van der Waals surface area contributed by atoms with Gasteiger partial charge in [-0.05, 0) is 25.5 Å². The Labute approximate surface area is 122 Å². The van der Waals surface area contributed by atoms with E-state index in [0.717, 1.165) is 23.8 Å². The van der Waals surface area contributed by atoms with Crippen molar-refractivity contribution in [3.63, 3.8) is 0 Å². The monoisotopic (exact) mass is 290 g/mol. The summed E-state index contributed by atoms with van der Waals surface area (Å²) >= 11 is 1.52. The molecule has 0 saturated heterocycles. The van der Waals surface area contributed by atoms with Crippen molar-refractivity contribution in [3.05, 3.63) is 40.5 Å². The second-order valence-electron chi connectivity index (χ2n) is 4.40. The number of carbonyl (C=O) groups is 1. The summed E-state index contributed by atoms with van der Waals surface area (Å²) in [5, 5.41) is 8.85. The molecule has 0 fully saturated rings. The zero-order valence-electron chi connectivity index (χ0n) is 11.6. The third-order valence-corrected chi connectivity index (χ3v) is 3.67. The maximum atomic E-state index is 12.2. The normalized spacial score (nSPS) is 11.9. The van der Waals surface area contributed by atoms with Gasteiger partial charge < -0.3 is 10.6 Å². The lowest BCUT2D eigenvalue weighted by Crippen LogP contribution is -2.27. The van der Waals surface area contributed by atoms with Crippen molar-refractivity contribution in [1.82, 2.24) is 15.3 Å². The molecule has 2 heterocycles. The summed E-state index contributed by atoms with van der Waals surface area (Å²) in [4.78, 5) is 20.6. The number of anilines is 1. The van der Waals surface area contributed by atoms with Gasteiger partial charge in [0, 0.05) is 18.1 Å². The van der Waals surface area contributed by atoms with Crippen LogP contribution < -0.4 is 10.6 Å². The Morgan fingerprint density at radius 2 is 2.30 bits per heavy atom. The minimum atomic E-state index is -0.187. The first-order valence-electron chi connectivity index (χ1n) is 6.62. The van der Waals surface area contributed by atoms with Gasteiger partial charge >= 0.3 is 0 Å². The van der Waals surface area contributed by atoms with Gasteiger partial charge in [-0.1, -0.05) is 13.0 Å². The van der Waals surface area contributed by atoms with E-state index in [-0.39, 0.29) is 11.9 Å². The molecule has 2 rings (SSSR count). The summed E-state index contributed by atoms with van der Waals surface area (Å²) in [5.74, 6) is 0.536. The highest BCUT2D eigenvalue weighted by molar-refractivity contribution is 7.09. The van der Waals surface area contributed by atoms with E-state index >= 15 is 0 Å². The zero-order valence-corrected chi connectivity index (χ0v) is 12.4. The van der Waals surface area contributed by atoms with E-state index in [0.29, 0.717) is 5.69 Å². The van der Waals surface area contributed by atoms with E-state index in [2.05, 4.69) is 27.5 Å². The van der Waals surface area contributed by atoms with Crippen molar-refractivity contribution in [2.45, 2.75) is 26.3 Å². The van der Waals surface area contributed by atoms with Gasteiger partial charge in [-0.2, -0.15) is 0 Å². The summed E-state index contributed by atoms with van der Waals surface area (Å²) in [6.45, 7) is 4.84. The van der Waals surface area contributed by atoms with Crippen molar-refractivity contribution in [3.8, 4) is 0 Å². The number of aromatic nitrogens is 2. The second kappa shape index (κ2) is 7.00. The van der Waals surface area contributed by atoms with E-state index in [1.807, 2.05) is 24.4 Å². The van der Waals surface area contributed by atoms with Crippen LogP contribution in [-0.2, 0) is 0 Å². The van der Waals surface area contributed by atoms with Gasteiger partial charge in [-0.25, -0.2) is 9.97 Å². The van der Waals surface area contributed by atoms with Crippen molar-refractivity contribution >= 4 is 23.1 Å². The number of rotatable bonds is 6. The fourth-order valence-electron chi connectivity index (χ4n) is 1.69. The average Bonchev–Trinajstić information content (AvgIpc) is 2.99. The fourth-order valence-corrected chi connectivity index (χ4v) is 2.34. The number of nitrogens with zero attached hydrogens (tertiary/aromatic N) is 2. The Bertz CT molecular complexity index is 556. The molecule has 0 aromatic carbocycles. The first-order chi connectivity index (χ1) is 9.70. The number of thiazole rings is 1. The molecule has 1 atom stereocenters. The first-order valence-corrected chi connectivity index (χ1v) is 7.50. The van der Waals surface area contributed by atoms with Crippen molar-refractivity contribution in [2.24, 2.45) is 0 Å². The molecule has 0 aliphatic carbocycles. The second-order valence-corrected chi connectivity index (χ2v) is 5.33. The molecule has 2 N–H and O–H groups in total. The molecule has 106 valence electrons. The van der Waals surface area contributed by atoms with Crippen LogP contribution in [0.25, 0.3) is 0 Å². The molecule has 1 unspecified atom stereocenters. The van der Waals surface area contributed by atoms with Gasteiger partial charge in [-0.15, -0.1) is 11.3 Å². The number of carbonyl (C=O) groups excluding carboxylic acids is 1. The lowest BCUT2D eigenvalue weighted by molar-refractivity contribution is 0.0935. The molecule has 2 aromatic heterocycles. The number of pyridine rings is 1. The Morgan fingerprint density at radius 3 is 3.00 bits per heavy atom. The molecule has 6 heteroatoms. The highest BCUT2D eigenvalue weighted by atomic mass is 32.1. The third-order valence-electron chi connectivity index (χ3n) is 2.71. The van der Waals surface area contributed by atoms with E-state index in [9.17, 15) is 4.79 Å². The lowest BCUT2D eigenvalue weighted by atomic mass is 10.3. The van der Waals surface area contributed by atoms with Crippen LogP contribution in [0.4, 0.5) is 5.82 Å². The third kappa shape index (κ3) is 3.77. The molecular formula is C14H18N4OS. The number of hydrogen-bond donors (Lipinski definition) is 2. The van der Waals surface area contributed by atoms with Gasteiger partial charge in [0.1, 0.15) is 16.5 Å². The highest BCUT2D eigenvalue weighted by Crippen LogP contribution is 2.15. The molecular weight excluding hydrogens is 272 g/mol. The lowest BCUT2D eigenvalue weighted by Gasteiger charge is -2.11. The average molecular weight is 290 g/mol. The number of nitrogens with one attached hydrogen (secondary N) is 2. The molecule has 20 heavy (non-hydrogen) atoms. The van der Waals surface area contributed by atoms with Gasteiger partial charge in [0.15, 0.2) is 0 Å². The standard InChI is InChI=1S/C14H18N4OS/c1-3-7-15-12-6-4-5-11(18-12)13(19)17-10(2)14-16-8-9-20-14/h4-6,8-10H,3,7H2,1-2H3,(H,15,18)(H,17,19). The summed E-state index contributed by atoms with van der Waals surface area (Å²) in [6, 6.07) is 5.28. The Balaban J connectivity index is 2.01. The summed E-state index contributed by atoms with van der Waals surface area (Å²) < 4.78 is 0. The van der Waals surface area contributed by atoms with Gasteiger partial charge in [0.2, 0.25) is 0 Å². The SMILES string of the molecule is CCCNc1cccc(C(=O)NC(C)c2nccs2)n1. The van der Waals surface area contributed by atoms with E-state index in [1.165, 1.54) is 11.3 Å². The van der Waals surface area contributed by atoms with Crippen LogP contribution in [-0.4, -0.2) is 22.4 Å². The Kier molecular flexibility index (Phi) is 5.06. The minimum absolute atomic E-state index is 0.114. The fraction of sp³-hybridized carbons (Fsp3) is 0.357. The van der Waals surface area contributed by atoms with E-state index in [1.54, 1.807) is 12.3 Å². The van der Waals surface area contributed by atoms with Crippen LogP contribution >= 0.6 is 11.3 Å². The quantitative estimate of drug-likeness (QED) is 0.858. The summed E-state index contributed by atoms with van der Waals surface area (Å²) in [5.41, 5.74) is 0.412. The van der Waals surface area contributed by atoms with Crippen molar-refractivity contribution < 1.29 is 4.79 Å². The van der Waals surface area contributed by atoms with Crippen LogP contribution in [0.2, 0.25) is 0 Å². The first kappa shape index (κ1) is 14.5. The maximum Gasteiger partial charge on any atom is 0.270 e. The Hall–Kier alpha value is -1.95. The Morgan fingerprint density at radius 1 is 1.45 bits per heavy atom. The van der Waals surface area contributed by atoms with Crippen LogP contribution in [0.5, 0.6) is 0 Å². The van der Waals surface area contributed by atoms with Crippen LogP contribution in [0.1, 0.15) is 41.8 Å². The molecule has 5 nitrogen and oxygen atoms in total. The molecule has 1 amide bonds. The molecule has 0 aliphatic heterocycles. The maximum absolute atomic E-state index is 12.2. The summed E-state index contributed by atoms with van der Waals surface area (Å²) in [7, 11) is 0. The molecule has 2 aromatic rings. The zero-order chi connectivity index (χ0) is 14.4. The van der Waals surface area contributed by atoms with Crippen LogP contribution in [0, 0.1) is 0 Å². The van der Waals surface area contributed by atoms with Gasteiger partial charge in [0.05, 0.1) is 6.04 Å². The largest absolute Gasteiger partial charge is 0.370 e. The smallest absolute Gasteiger partial charge is 0.270 e. The predicted molar refractivity (Wildman–Crippen MR) is 81.0 cm³/mol. The van der Waals surface area contributed by atoms with Gasteiger partial charge in [-0.3, -0.25) is 4.79 Å². The van der Waals surface area contributed by atoms with E-state index < -0.39 is 0 Å². The molecule has 0 bridgehead atoms. The molecule has 0 spiro atoms. The number of hydrogen-bond acceptors (Lipinski definition) is 5. The summed E-state index contributed by atoms with van der Waals surface area (Å²) in [6.07, 6.45) is 2.75. The molecule has 0 radical (unpaired) electrons. The number of amides is 1.